The lowest BCUT2D eigenvalue weighted by atomic mass is 9.96. The van der Waals surface area contributed by atoms with E-state index in [0.29, 0.717) is 6.61 Å². The van der Waals surface area contributed by atoms with Crippen molar-refractivity contribution in [1.29, 1.82) is 0 Å². The highest BCUT2D eigenvalue weighted by Gasteiger charge is 2.42. The summed E-state index contributed by atoms with van der Waals surface area (Å²) in [6.45, 7) is 4.01. The SMILES string of the molecule is CCOC(=O)C(Cc1ccccc1)(C[PH](=O)CO)OCC. The molecule has 0 spiro atoms. The lowest BCUT2D eigenvalue weighted by molar-refractivity contribution is -0.168. The zero-order valence-corrected chi connectivity index (χ0v) is 13.5. The van der Waals surface area contributed by atoms with Gasteiger partial charge in [0.25, 0.3) is 0 Å². The molecule has 0 bridgehead atoms. The van der Waals surface area contributed by atoms with Gasteiger partial charge in [0.2, 0.25) is 0 Å². The van der Waals surface area contributed by atoms with Gasteiger partial charge in [-0.05, 0) is 19.4 Å². The predicted octanol–water partition coefficient (Wildman–Crippen LogP) is 2.08. The van der Waals surface area contributed by atoms with Crippen LogP contribution in [0.25, 0.3) is 0 Å². The van der Waals surface area contributed by atoms with Crippen LogP contribution in [-0.2, 0) is 25.3 Å². The fourth-order valence-corrected chi connectivity index (χ4v) is 3.33. The molecule has 0 fully saturated rings. The number of rotatable bonds is 9. The Kier molecular flexibility index (Phi) is 7.65. The summed E-state index contributed by atoms with van der Waals surface area (Å²) in [6.07, 6.45) is -0.180. The number of carbonyl (C=O) groups excluding carboxylic acids is 1. The van der Waals surface area contributed by atoms with E-state index in [-0.39, 0.29) is 19.2 Å². The van der Waals surface area contributed by atoms with Crippen molar-refractivity contribution in [2.75, 3.05) is 25.7 Å². The Morgan fingerprint density at radius 2 is 1.90 bits per heavy atom. The molecule has 0 amide bonds. The minimum absolute atomic E-state index is 0.0181. The molecule has 0 aliphatic heterocycles. The number of carbonyl (C=O) groups is 1. The first-order valence-corrected chi connectivity index (χ1v) is 8.88. The zero-order chi connectivity index (χ0) is 15.7. The van der Waals surface area contributed by atoms with E-state index < -0.39 is 25.7 Å². The van der Waals surface area contributed by atoms with Crippen LogP contribution in [0, 0.1) is 0 Å². The number of aliphatic hydroxyl groups is 1. The van der Waals surface area contributed by atoms with Crippen LogP contribution in [-0.4, -0.2) is 42.4 Å². The van der Waals surface area contributed by atoms with Gasteiger partial charge in [-0.2, -0.15) is 0 Å². The number of esters is 1. The normalized spacial score (nSPS) is 15.2. The molecule has 1 aromatic rings. The van der Waals surface area contributed by atoms with Crippen LogP contribution in [0.2, 0.25) is 0 Å². The monoisotopic (exact) mass is 314 g/mol. The fourth-order valence-electron chi connectivity index (χ4n) is 2.21. The van der Waals surface area contributed by atoms with Crippen molar-refractivity contribution in [3.05, 3.63) is 35.9 Å². The van der Waals surface area contributed by atoms with Gasteiger partial charge < -0.3 is 19.1 Å². The summed E-state index contributed by atoms with van der Waals surface area (Å²) >= 11 is 0. The van der Waals surface area contributed by atoms with Gasteiger partial charge in [0.05, 0.1) is 13.0 Å². The molecule has 0 saturated heterocycles. The standard InChI is InChI=1S/C15H23O5P/c1-3-19-14(17)15(20-4-2,11-21(18)12-16)10-13-8-6-5-7-9-13/h5-9,16,21H,3-4,10-12H2,1-2H3. The minimum Gasteiger partial charge on any atom is -0.464 e. The Morgan fingerprint density at radius 1 is 1.24 bits per heavy atom. The van der Waals surface area contributed by atoms with Gasteiger partial charge in [-0.15, -0.1) is 0 Å². The lowest BCUT2D eigenvalue weighted by Gasteiger charge is -2.31. The Labute approximate surface area is 126 Å². The van der Waals surface area contributed by atoms with Crippen molar-refractivity contribution in [2.24, 2.45) is 0 Å². The summed E-state index contributed by atoms with van der Waals surface area (Å²) in [5, 5.41) is 9.07. The lowest BCUT2D eigenvalue weighted by Crippen LogP contribution is -2.47. The van der Waals surface area contributed by atoms with Crippen molar-refractivity contribution in [2.45, 2.75) is 25.9 Å². The summed E-state index contributed by atoms with van der Waals surface area (Å²) in [5.41, 5.74) is -0.406. The Bertz CT molecular complexity index is 462. The third-order valence-electron chi connectivity index (χ3n) is 3.06. The van der Waals surface area contributed by atoms with Gasteiger partial charge in [-0.3, -0.25) is 0 Å². The predicted molar refractivity (Wildman–Crippen MR) is 82.1 cm³/mol. The fraction of sp³-hybridized carbons (Fsp3) is 0.533. The van der Waals surface area contributed by atoms with Crippen LogP contribution in [0.1, 0.15) is 19.4 Å². The van der Waals surface area contributed by atoms with E-state index in [1.54, 1.807) is 13.8 Å². The van der Waals surface area contributed by atoms with Gasteiger partial charge >= 0.3 is 5.97 Å². The Hall–Kier alpha value is -1.16. The van der Waals surface area contributed by atoms with Crippen LogP contribution < -0.4 is 0 Å². The van der Waals surface area contributed by atoms with E-state index >= 15 is 0 Å². The van der Waals surface area contributed by atoms with Crippen molar-refractivity contribution in [1.82, 2.24) is 0 Å². The van der Waals surface area contributed by atoms with E-state index in [1.165, 1.54) is 0 Å². The van der Waals surface area contributed by atoms with Crippen LogP contribution in [0.3, 0.4) is 0 Å². The Morgan fingerprint density at radius 3 is 2.43 bits per heavy atom. The molecule has 0 aliphatic carbocycles. The zero-order valence-electron chi connectivity index (χ0n) is 12.5. The topological polar surface area (TPSA) is 72.8 Å². The summed E-state index contributed by atoms with van der Waals surface area (Å²) < 4.78 is 22.6. The highest BCUT2D eigenvalue weighted by Crippen LogP contribution is 2.32. The maximum absolute atomic E-state index is 12.4. The molecule has 0 saturated carbocycles. The van der Waals surface area contributed by atoms with Crippen LogP contribution >= 0.6 is 7.80 Å². The van der Waals surface area contributed by atoms with Gasteiger partial charge in [0.1, 0.15) is 7.80 Å². The van der Waals surface area contributed by atoms with E-state index in [9.17, 15) is 9.36 Å². The molecule has 5 nitrogen and oxygen atoms in total. The maximum atomic E-state index is 12.4. The molecule has 118 valence electrons. The second-order valence-corrected chi connectivity index (χ2v) is 6.43. The highest BCUT2D eigenvalue weighted by molar-refractivity contribution is 7.44. The van der Waals surface area contributed by atoms with Crippen LogP contribution in [0.5, 0.6) is 0 Å². The summed E-state index contributed by atoms with van der Waals surface area (Å²) in [7, 11) is -2.31. The first-order chi connectivity index (χ1) is 10.1. The van der Waals surface area contributed by atoms with Gasteiger partial charge in [0.15, 0.2) is 5.60 Å². The smallest absolute Gasteiger partial charge is 0.339 e. The number of hydrogen-bond donors (Lipinski definition) is 1. The first kappa shape index (κ1) is 17.9. The van der Waals surface area contributed by atoms with Crippen LogP contribution in [0.15, 0.2) is 30.3 Å². The highest BCUT2D eigenvalue weighted by atomic mass is 31.1. The second kappa shape index (κ2) is 8.98. The van der Waals surface area contributed by atoms with E-state index in [4.69, 9.17) is 14.6 Å². The van der Waals surface area contributed by atoms with Gasteiger partial charge in [-0.25, -0.2) is 4.79 Å². The molecule has 0 aliphatic rings. The minimum atomic E-state index is -2.31. The average molecular weight is 314 g/mol. The third kappa shape index (κ3) is 5.27. The second-order valence-electron chi connectivity index (χ2n) is 4.68. The van der Waals surface area contributed by atoms with E-state index in [1.807, 2.05) is 30.3 Å². The van der Waals surface area contributed by atoms with Crippen molar-refractivity contribution < 1.29 is 23.9 Å². The molecule has 6 heteroatoms. The molecular formula is C15H23O5P. The Balaban J connectivity index is 3.09. The number of ether oxygens (including phenoxy) is 2. The van der Waals surface area contributed by atoms with Crippen LogP contribution in [0.4, 0.5) is 0 Å². The first-order valence-electron chi connectivity index (χ1n) is 7.05. The molecule has 0 aromatic heterocycles. The molecule has 2 unspecified atom stereocenters. The number of benzene rings is 1. The van der Waals surface area contributed by atoms with E-state index in [0.717, 1.165) is 5.56 Å². The molecule has 1 aromatic carbocycles. The quantitative estimate of drug-likeness (QED) is 0.558. The molecule has 21 heavy (non-hydrogen) atoms. The van der Waals surface area contributed by atoms with E-state index in [2.05, 4.69) is 0 Å². The van der Waals surface area contributed by atoms with Gasteiger partial charge in [-0.1, -0.05) is 30.3 Å². The van der Waals surface area contributed by atoms with Crippen molar-refractivity contribution >= 4 is 13.8 Å². The van der Waals surface area contributed by atoms with Crippen molar-refractivity contribution in [3.63, 3.8) is 0 Å². The average Bonchev–Trinajstić information content (AvgIpc) is 2.48. The molecule has 2 atom stereocenters. The molecule has 0 heterocycles. The van der Waals surface area contributed by atoms with Gasteiger partial charge in [0, 0.05) is 19.2 Å². The summed E-state index contributed by atoms with van der Waals surface area (Å²) in [5.74, 6) is -0.525. The summed E-state index contributed by atoms with van der Waals surface area (Å²) in [4.78, 5) is 12.4. The molecular weight excluding hydrogens is 291 g/mol. The third-order valence-corrected chi connectivity index (χ3v) is 4.38. The molecule has 1 rings (SSSR count). The molecule has 1 N–H and O–H groups in total. The number of aliphatic hydroxyl groups excluding tert-OH is 1. The summed E-state index contributed by atoms with van der Waals surface area (Å²) in [6, 6.07) is 9.37. The molecule has 0 radical (unpaired) electrons. The maximum Gasteiger partial charge on any atom is 0.339 e. The number of hydrogen-bond acceptors (Lipinski definition) is 5. The van der Waals surface area contributed by atoms with Crippen molar-refractivity contribution in [3.8, 4) is 0 Å². The largest absolute Gasteiger partial charge is 0.464 e.